The Kier molecular flexibility index (Phi) is 9.28. The molecule has 4 heteroatoms. The molecular weight excluding hydrogens is 454 g/mol. The average molecular weight is 500 g/mol. The Morgan fingerprint density at radius 3 is 2.49 bits per heavy atom. The summed E-state index contributed by atoms with van der Waals surface area (Å²) in [5.74, 6) is 1.62. The fourth-order valence-electron chi connectivity index (χ4n) is 6.80. The van der Waals surface area contributed by atoms with Crippen LogP contribution in [0.5, 0.6) is 0 Å². The van der Waals surface area contributed by atoms with E-state index < -0.39 is 0 Å². The summed E-state index contributed by atoms with van der Waals surface area (Å²) in [6.07, 6.45) is 22.1. The van der Waals surface area contributed by atoms with Gasteiger partial charge in [-0.2, -0.15) is 0 Å². The van der Waals surface area contributed by atoms with Gasteiger partial charge < -0.3 is 5.73 Å². The van der Waals surface area contributed by atoms with E-state index in [4.69, 9.17) is 5.73 Å². The first-order valence-corrected chi connectivity index (χ1v) is 13.7. The third-order valence-electron chi connectivity index (χ3n) is 8.56. The smallest absolute Gasteiger partial charge is 0.155 e. The van der Waals surface area contributed by atoms with Gasteiger partial charge in [-0.25, -0.2) is 0 Å². The lowest BCUT2D eigenvalue weighted by Crippen LogP contribution is -2.47. The number of hydrogen-bond donors (Lipinski definition) is 1. The molecular formula is C33H45N3O. The number of hydrogen-bond acceptors (Lipinski definition) is 4. The molecule has 4 aliphatic rings. The maximum absolute atomic E-state index is 12.0. The highest BCUT2D eigenvalue weighted by atomic mass is 16.1. The molecule has 5 rings (SSSR count). The van der Waals surface area contributed by atoms with Gasteiger partial charge in [0, 0.05) is 36.6 Å². The van der Waals surface area contributed by atoms with E-state index in [1.54, 1.807) is 24.1 Å². The van der Waals surface area contributed by atoms with Crippen molar-refractivity contribution in [1.29, 1.82) is 0 Å². The van der Waals surface area contributed by atoms with Gasteiger partial charge in [-0.3, -0.25) is 14.8 Å². The SMILES string of the molecule is C=CC.CC12CCC3C(CCC4=CC(=O)CCC43C)C1=CC=C2c1cncc(N)c1.CC=NC=C(C)C. The van der Waals surface area contributed by atoms with Crippen LogP contribution in [-0.4, -0.2) is 17.0 Å². The molecule has 2 N–H and O–H groups in total. The van der Waals surface area contributed by atoms with Crippen molar-refractivity contribution in [2.45, 2.75) is 80.1 Å². The summed E-state index contributed by atoms with van der Waals surface area (Å²) < 4.78 is 0. The van der Waals surface area contributed by atoms with E-state index in [-0.39, 0.29) is 10.8 Å². The number of aliphatic imine (C=N–C) groups is 1. The van der Waals surface area contributed by atoms with Crippen LogP contribution in [0, 0.1) is 22.7 Å². The number of nitrogen functional groups attached to an aromatic ring is 1. The number of aromatic nitrogens is 1. The van der Waals surface area contributed by atoms with Gasteiger partial charge in [0.25, 0.3) is 0 Å². The van der Waals surface area contributed by atoms with Crippen LogP contribution in [0.4, 0.5) is 5.69 Å². The molecule has 37 heavy (non-hydrogen) atoms. The van der Waals surface area contributed by atoms with Gasteiger partial charge in [-0.1, -0.05) is 48.8 Å². The molecule has 0 spiro atoms. The fraction of sp³-hybridized carbons (Fsp3) is 0.485. The minimum Gasteiger partial charge on any atom is -0.397 e. The van der Waals surface area contributed by atoms with Gasteiger partial charge in [0.2, 0.25) is 0 Å². The lowest BCUT2D eigenvalue weighted by atomic mass is 9.48. The van der Waals surface area contributed by atoms with Crippen LogP contribution in [0.3, 0.4) is 0 Å². The Labute approximate surface area is 224 Å². The topological polar surface area (TPSA) is 68.3 Å². The van der Waals surface area contributed by atoms with Gasteiger partial charge >= 0.3 is 0 Å². The van der Waals surface area contributed by atoms with E-state index in [2.05, 4.69) is 48.6 Å². The van der Waals surface area contributed by atoms with Crippen molar-refractivity contribution in [2.75, 3.05) is 5.73 Å². The van der Waals surface area contributed by atoms with Crippen LogP contribution in [-0.2, 0) is 4.79 Å². The van der Waals surface area contributed by atoms with Crippen molar-refractivity contribution < 1.29 is 4.79 Å². The van der Waals surface area contributed by atoms with Crippen LogP contribution in [0.1, 0.15) is 85.6 Å². The van der Waals surface area contributed by atoms with Crippen molar-refractivity contribution in [3.63, 3.8) is 0 Å². The Bertz CT molecular complexity index is 1160. The van der Waals surface area contributed by atoms with Crippen molar-refractivity contribution >= 4 is 23.3 Å². The van der Waals surface area contributed by atoms with Gasteiger partial charge in [0.15, 0.2) is 5.78 Å². The standard InChI is InChI=1S/C24H28N2O.C6H11N.C3H6/c1-23-9-7-18(27)12-16(23)3-4-19-21-6-5-20(15-11-17(25)14-26-13-15)24(21,2)10-8-22(19)23;1-4-7-5-6(2)3;1-3-2/h5-6,11-14,19,22H,3-4,7-10,25H2,1-2H3;4-5H,1-3H3;3H,1H2,2H3. The van der Waals surface area contributed by atoms with E-state index in [1.165, 1.54) is 29.6 Å². The van der Waals surface area contributed by atoms with E-state index in [0.29, 0.717) is 17.6 Å². The summed E-state index contributed by atoms with van der Waals surface area (Å²) in [5.41, 5.74) is 13.8. The molecule has 4 aliphatic carbocycles. The fourth-order valence-corrected chi connectivity index (χ4v) is 6.80. The molecule has 0 aliphatic heterocycles. The molecule has 4 atom stereocenters. The normalized spacial score (nSPS) is 29.6. The predicted octanol–water partition coefficient (Wildman–Crippen LogP) is 8.30. The van der Waals surface area contributed by atoms with Crippen molar-refractivity contribution in [2.24, 2.45) is 27.7 Å². The Balaban J connectivity index is 0.000000327. The maximum Gasteiger partial charge on any atom is 0.155 e. The van der Waals surface area contributed by atoms with Crippen molar-refractivity contribution in [1.82, 2.24) is 4.98 Å². The van der Waals surface area contributed by atoms with Gasteiger partial charge in [0.05, 0.1) is 5.69 Å². The molecule has 0 radical (unpaired) electrons. The van der Waals surface area contributed by atoms with E-state index in [9.17, 15) is 4.79 Å². The molecule has 4 nitrogen and oxygen atoms in total. The number of pyridine rings is 1. The highest BCUT2D eigenvalue weighted by Crippen LogP contribution is 2.65. The molecule has 4 unspecified atom stereocenters. The number of nitrogens with two attached hydrogens (primary N) is 1. The Morgan fingerprint density at radius 1 is 1.14 bits per heavy atom. The summed E-state index contributed by atoms with van der Waals surface area (Å²) >= 11 is 0. The lowest BCUT2D eigenvalue weighted by Gasteiger charge is -2.56. The summed E-state index contributed by atoms with van der Waals surface area (Å²) in [6.45, 7) is 16.0. The molecule has 0 saturated heterocycles. The van der Waals surface area contributed by atoms with Crippen LogP contribution >= 0.6 is 0 Å². The molecule has 2 saturated carbocycles. The Morgan fingerprint density at radius 2 is 1.86 bits per heavy atom. The predicted molar refractivity (Wildman–Crippen MR) is 158 cm³/mol. The second kappa shape index (κ2) is 12.0. The highest BCUT2D eigenvalue weighted by Gasteiger charge is 2.54. The third kappa shape index (κ3) is 5.95. The van der Waals surface area contributed by atoms with Gasteiger partial charge in [-0.15, -0.1) is 6.58 Å². The number of fused-ring (bicyclic) bond motifs is 5. The van der Waals surface area contributed by atoms with E-state index in [1.807, 2.05) is 46.2 Å². The minimum atomic E-state index is 0.0959. The zero-order valence-corrected chi connectivity index (χ0v) is 23.7. The maximum atomic E-state index is 12.0. The van der Waals surface area contributed by atoms with E-state index in [0.717, 1.165) is 36.9 Å². The zero-order chi connectivity index (χ0) is 27.2. The average Bonchev–Trinajstić information content (AvgIpc) is 3.21. The molecule has 2 fully saturated rings. The monoisotopic (exact) mass is 499 g/mol. The van der Waals surface area contributed by atoms with Crippen LogP contribution < -0.4 is 5.73 Å². The second-order valence-electron chi connectivity index (χ2n) is 11.4. The number of carbonyl (C=O) groups is 1. The van der Waals surface area contributed by atoms with Crippen LogP contribution in [0.15, 0.2) is 77.3 Å². The molecule has 0 aromatic carbocycles. The second-order valence-corrected chi connectivity index (χ2v) is 11.4. The Hall–Kier alpha value is -3.01. The molecule has 1 aromatic heterocycles. The molecule has 198 valence electrons. The van der Waals surface area contributed by atoms with Crippen LogP contribution in [0.2, 0.25) is 0 Å². The van der Waals surface area contributed by atoms with Crippen molar-refractivity contribution in [3.05, 3.63) is 77.8 Å². The van der Waals surface area contributed by atoms with E-state index >= 15 is 0 Å². The van der Waals surface area contributed by atoms with Gasteiger partial charge in [0.1, 0.15) is 0 Å². The quantitative estimate of drug-likeness (QED) is 0.329. The molecule has 0 amide bonds. The van der Waals surface area contributed by atoms with Gasteiger partial charge in [-0.05, 0) is 100 Å². The first kappa shape index (κ1) is 28.6. The first-order chi connectivity index (χ1) is 17.6. The summed E-state index contributed by atoms with van der Waals surface area (Å²) in [6, 6.07) is 2.06. The zero-order valence-electron chi connectivity index (χ0n) is 23.7. The lowest BCUT2D eigenvalue weighted by molar-refractivity contribution is -0.116. The number of nitrogens with zero attached hydrogens (tertiary/aromatic N) is 2. The number of rotatable bonds is 2. The summed E-state index contributed by atoms with van der Waals surface area (Å²) in [4.78, 5) is 20.2. The molecule has 1 aromatic rings. The van der Waals surface area contributed by atoms with Crippen molar-refractivity contribution in [3.8, 4) is 0 Å². The minimum absolute atomic E-state index is 0.0959. The summed E-state index contributed by atoms with van der Waals surface area (Å²) in [5, 5.41) is 0. The third-order valence-corrected chi connectivity index (χ3v) is 8.56. The summed E-state index contributed by atoms with van der Waals surface area (Å²) in [7, 11) is 0. The molecule has 1 heterocycles. The highest BCUT2D eigenvalue weighted by molar-refractivity contribution is 5.91. The number of allylic oxidation sites excluding steroid dienone is 8. The number of ketones is 1. The van der Waals surface area contributed by atoms with Crippen LogP contribution in [0.25, 0.3) is 5.57 Å². The first-order valence-electron chi connectivity index (χ1n) is 13.7. The molecule has 0 bridgehead atoms. The number of anilines is 1. The number of carbonyl (C=O) groups excluding carboxylic acids is 1. The largest absolute Gasteiger partial charge is 0.397 e.